The van der Waals surface area contributed by atoms with Crippen molar-refractivity contribution in [2.45, 2.75) is 25.7 Å². The molecular formula is C20H28FN3O4. The van der Waals surface area contributed by atoms with Crippen LogP contribution in [0.5, 0.6) is 0 Å². The quantitative estimate of drug-likeness (QED) is 0.847. The number of carbonyl (C=O) groups excluding carboxylic acids is 1. The summed E-state index contributed by atoms with van der Waals surface area (Å²) in [5.74, 6) is -0.0468. The number of urea groups is 1. The number of hydrogen-bond donors (Lipinski definition) is 1. The van der Waals surface area contributed by atoms with Crippen molar-refractivity contribution in [1.29, 1.82) is 0 Å². The van der Waals surface area contributed by atoms with Crippen LogP contribution in [0.3, 0.4) is 0 Å². The smallest absolute Gasteiger partial charge is 0.317 e. The molecule has 1 unspecified atom stereocenters. The van der Waals surface area contributed by atoms with Crippen LogP contribution < -0.4 is 10.2 Å². The molecule has 0 saturated carbocycles. The number of piperidine rings is 1. The van der Waals surface area contributed by atoms with Crippen LogP contribution in [0.4, 0.5) is 14.9 Å². The summed E-state index contributed by atoms with van der Waals surface area (Å²) in [6.45, 7) is 5.51. The van der Waals surface area contributed by atoms with E-state index in [1.807, 2.05) is 11.0 Å². The zero-order valence-electron chi connectivity index (χ0n) is 16.1. The molecule has 3 aliphatic heterocycles. The Balaban J connectivity index is 1.29. The average Bonchev–Trinajstić information content (AvgIpc) is 3.28. The summed E-state index contributed by atoms with van der Waals surface area (Å²) in [7, 11) is 0. The van der Waals surface area contributed by atoms with E-state index < -0.39 is 0 Å². The Morgan fingerprint density at radius 3 is 2.68 bits per heavy atom. The third-order valence-electron chi connectivity index (χ3n) is 5.59. The Kier molecular flexibility index (Phi) is 6.29. The zero-order chi connectivity index (χ0) is 19.3. The summed E-state index contributed by atoms with van der Waals surface area (Å²) in [6, 6.07) is 5.03. The van der Waals surface area contributed by atoms with E-state index in [1.165, 1.54) is 6.07 Å². The van der Waals surface area contributed by atoms with Crippen molar-refractivity contribution in [2.24, 2.45) is 5.92 Å². The van der Waals surface area contributed by atoms with E-state index in [2.05, 4.69) is 5.32 Å². The predicted octanol–water partition coefficient (Wildman–Crippen LogP) is 1.96. The summed E-state index contributed by atoms with van der Waals surface area (Å²) >= 11 is 0. The number of carbonyl (C=O) groups is 1. The van der Waals surface area contributed by atoms with Gasteiger partial charge >= 0.3 is 6.03 Å². The van der Waals surface area contributed by atoms with E-state index in [4.69, 9.17) is 14.2 Å². The standard InChI is InChI=1S/C20H28FN3O4/c21-17-12-15(3-4-18(17)23-6-8-26-9-7-23)13-22-20(25)24-5-1-2-16(14-24)19-27-10-11-28-19/h3-4,12,16,19H,1-2,5-11,13-14H2,(H,22,25). The first-order valence-corrected chi connectivity index (χ1v) is 10.1. The van der Waals surface area contributed by atoms with Crippen LogP contribution in [0.25, 0.3) is 0 Å². The van der Waals surface area contributed by atoms with Gasteiger partial charge in [0, 0.05) is 38.6 Å². The Morgan fingerprint density at radius 1 is 1.14 bits per heavy atom. The number of rotatable bonds is 4. The number of nitrogens with one attached hydrogen (secondary N) is 1. The van der Waals surface area contributed by atoms with Crippen molar-refractivity contribution in [3.63, 3.8) is 0 Å². The minimum atomic E-state index is -0.262. The number of ether oxygens (including phenoxy) is 3. The molecule has 0 spiro atoms. The molecular weight excluding hydrogens is 365 g/mol. The molecule has 3 heterocycles. The Morgan fingerprint density at radius 2 is 1.93 bits per heavy atom. The highest BCUT2D eigenvalue weighted by Crippen LogP contribution is 2.25. The van der Waals surface area contributed by atoms with E-state index in [0.717, 1.165) is 24.9 Å². The van der Waals surface area contributed by atoms with Crippen LogP contribution in [-0.2, 0) is 20.8 Å². The molecule has 2 amide bonds. The van der Waals surface area contributed by atoms with Crippen molar-refractivity contribution >= 4 is 11.7 Å². The first kappa shape index (κ1) is 19.4. The van der Waals surface area contributed by atoms with Crippen LogP contribution in [0, 0.1) is 11.7 Å². The number of nitrogens with zero attached hydrogens (tertiary/aromatic N) is 2. The van der Waals surface area contributed by atoms with Gasteiger partial charge in [-0.25, -0.2) is 9.18 Å². The number of hydrogen-bond acceptors (Lipinski definition) is 5. The molecule has 8 heteroatoms. The van der Waals surface area contributed by atoms with Crippen molar-refractivity contribution in [3.05, 3.63) is 29.6 Å². The predicted molar refractivity (Wildman–Crippen MR) is 102 cm³/mol. The molecule has 7 nitrogen and oxygen atoms in total. The molecule has 0 aromatic heterocycles. The fourth-order valence-corrected chi connectivity index (χ4v) is 4.08. The molecule has 3 fully saturated rings. The molecule has 1 N–H and O–H groups in total. The fraction of sp³-hybridized carbons (Fsp3) is 0.650. The minimum Gasteiger partial charge on any atom is -0.378 e. The van der Waals surface area contributed by atoms with Crippen LogP contribution in [0.15, 0.2) is 18.2 Å². The van der Waals surface area contributed by atoms with Gasteiger partial charge in [0.15, 0.2) is 6.29 Å². The monoisotopic (exact) mass is 393 g/mol. The van der Waals surface area contributed by atoms with Gasteiger partial charge in [-0.1, -0.05) is 6.07 Å². The summed E-state index contributed by atoms with van der Waals surface area (Å²) in [4.78, 5) is 16.3. The highest BCUT2D eigenvalue weighted by Gasteiger charge is 2.32. The summed E-state index contributed by atoms with van der Waals surface area (Å²) in [6.07, 6.45) is 1.74. The molecule has 1 aromatic rings. The maximum atomic E-state index is 14.5. The zero-order valence-corrected chi connectivity index (χ0v) is 16.1. The van der Waals surface area contributed by atoms with Gasteiger partial charge in [-0.2, -0.15) is 0 Å². The summed E-state index contributed by atoms with van der Waals surface area (Å²) < 4.78 is 31.0. The number of halogens is 1. The topological polar surface area (TPSA) is 63.3 Å². The summed E-state index contributed by atoms with van der Waals surface area (Å²) in [5.41, 5.74) is 1.34. The van der Waals surface area contributed by atoms with Crippen LogP contribution in [0.2, 0.25) is 0 Å². The number of amides is 2. The fourth-order valence-electron chi connectivity index (χ4n) is 4.08. The van der Waals surface area contributed by atoms with Crippen LogP contribution in [-0.4, -0.2) is 69.8 Å². The van der Waals surface area contributed by atoms with Gasteiger partial charge in [0.2, 0.25) is 0 Å². The number of morpholine rings is 1. The molecule has 4 rings (SSSR count). The molecule has 3 saturated heterocycles. The molecule has 0 aliphatic carbocycles. The lowest BCUT2D eigenvalue weighted by Crippen LogP contribution is -2.47. The number of anilines is 1. The molecule has 1 aromatic carbocycles. The highest BCUT2D eigenvalue weighted by atomic mass is 19.1. The first-order chi connectivity index (χ1) is 13.7. The van der Waals surface area contributed by atoms with Gasteiger partial charge in [-0.15, -0.1) is 0 Å². The van der Waals surface area contributed by atoms with Crippen molar-refractivity contribution in [3.8, 4) is 0 Å². The van der Waals surface area contributed by atoms with E-state index in [1.54, 1.807) is 11.0 Å². The maximum Gasteiger partial charge on any atom is 0.317 e. The second-order valence-corrected chi connectivity index (χ2v) is 7.50. The van der Waals surface area contributed by atoms with E-state index in [9.17, 15) is 9.18 Å². The van der Waals surface area contributed by atoms with E-state index in [-0.39, 0.29) is 24.1 Å². The van der Waals surface area contributed by atoms with Crippen molar-refractivity contribution < 1.29 is 23.4 Å². The van der Waals surface area contributed by atoms with Crippen LogP contribution >= 0.6 is 0 Å². The minimum absolute atomic E-state index is 0.125. The van der Waals surface area contributed by atoms with Gasteiger partial charge in [0.1, 0.15) is 5.82 Å². The van der Waals surface area contributed by atoms with Gasteiger partial charge in [0.25, 0.3) is 0 Å². The lowest BCUT2D eigenvalue weighted by molar-refractivity contribution is -0.0963. The first-order valence-electron chi connectivity index (χ1n) is 10.1. The second kappa shape index (κ2) is 9.07. The van der Waals surface area contributed by atoms with Gasteiger partial charge in [-0.3, -0.25) is 0 Å². The molecule has 0 bridgehead atoms. The summed E-state index contributed by atoms with van der Waals surface area (Å²) in [5, 5.41) is 2.91. The largest absolute Gasteiger partial charge is 0.378 e. The Hall–Kier alpha value is -1.90. The second-order valence-electron chi connectivity index (χ2n) is 7.50. The molecule has 3 aliphatic rings. The maximum absolute atomic E-state index is 14.5. The van der Waals surface area contributed by atoms with Gasteiger partial charge < -0.3 is 29.3 Å². The molecule has 28 heavy (non-hydrogen) atoms. The van der Waals surface area contributed by atoms with Crippen molar-refractivity contribution in [2.75, 3.05) is 57.5 Å². The van der Waals surface area contributed by atoms with Crippen LogP contribution in [0.1, 0.15) is 18.4 Å². The van der Waals surface area contributed by atoms with Gasteiger partial charge in [0.05, 0.1) is 32.1 Å². The molecule has 1 atom stereocenters. The highest BCUT2D eigenvalue weighted by molar-refractivity contribution is 5.74. The van der Waals surface area contributed by atoms with Gasteiger partial charge in [-0.05, 0) is 30.5 Å². The lowest BCUT2D eigenvalue weighted by Gasteiger charge is -2.34. The third kappa shape index (κ3) is 4.56. The Bertz CT molecular complexity index is 677. The number of benzene rings is 1. The van der Waals surface area contributed by atoms with E-state index in [0.29, 0.717) is 58.3 Å². The Labute approximate surface area is 164 Å². The molecule has 154 valence electrons. The SMILES string of the molecule is O=C(NCc1ccc(N2CCOCC2)c(F)c1)N1CCCC(C2OCCO2)C1. The normalized spacial score (nSPS) is 23.8. The van der Waals surface area contributed by atoms with E-state index >= 15 is 0 Å². The number of likely N-dealkylation sites (tertiary alicyclic amines) is 1. The molecule has 0 radical (unpaired) electrons. The third-order valence-corrected chi connectivity index (χ3v) is 5.59. The lowest BCUT2D eigenvalue weighted by atomic mass is 9.98. The average molecular weight is 393 g/mol. The van der Waals surface area contributed by atoms with Crippen molar-refractivity contribution in [1.82, 2.24) is 10.2 Å².